The molecule has 0 saturated carbocycles. The maximum atomic E-state index is 14.6. The summed E-state index contributed by atoms with van der Waals surface area (Å²) in [6, 6.07) is 4.41. The minimum absolute atomic E-state index is 0.0113. The molecule has 1 aromatic carbocycles. The molecule has 1 atom stereocenters. The Morgan fingerprint density at radius 3 is 2.42 bits per heavy atom. The topological polar surface area (TPSA) is 72.8 Å². The van der Waals surface area contributed by atoms with Crippen LogP contribution in [-0.4, -0.2) is 20.5 Å². The van der Waals surface area contributed by atoms with Crippen molar-refractivity contribution in [2.75, 3.05) is 0 Å². The van der Waals surface area contributed by atoms with E-state index in [2.05, 4.69) is 18.9 Å². The second-order valence-electron chi connectivity index (χ2n) is 7.24. The Bertz CT molecular complexity index is 890. The van der Waals surface area contributed by atoms with E-state index in [1.807, 2.05) is 26.8 Å². The second kappa shape index (κ2) is 7.73. The SMILES string of the molecule is CC(C)CC(C)Oc1cc(-n2nc(C(C)C)n(C)c2=O)c(F)cc1C#N. The van der Waals surface area contributed by atoms with Crippen molar-refractivity contribution in [3.05, 3.63) is 39.8 Å². The fraction of sp³-hybridized carbons (Fsp3) is 0.526. The molecule has 7 heteroatoms. The Labute approximate surface area is 152 Å². The van der Waals surface area contributed by atoms with Gasteiger partial charge in [0.15, 0.2) is 5.82 Å². The number of hydrogen-bond acceptors (Lipinski definition) is 4. The van der Waals surface area contributed by atoms with E-state index >= 15 is 0 Å². The van der Waals surface area contributed by atoms with Crippen LogP contribution in [0.3, 0.4) is 0 Å². The molecule has 6 nitrogen and oxygen atoms in total. The van der Waals surface area contributed by atoms with Gasteiger partial charge in [0.1, 0.15) is 23.3 Å². The standard InChI is InChI=1S/C19H25FN4O2/c1-11(2)7-13(5)26-17-9-16(15(20)8-14(17)10-21)24-19(25)23(6)18(22-24)12(3)4/h8-9,11-13H,7H2,1-6H3. The number of nitriles is 1. The molecule has 26 heavy (non-hydrogen) atoms. The molecular weight excluding hydrogens is 335 g/mol. The maximum absolute atomic E-state index is 14.6. The number of aromatic nitrogens is 3. The molecule has 0 aliphatic rings. The highest BCUT2D eigenvalue weighted by molar-refractivity contribution is 5.51. The van der Waals surface area contributed by atoms with Gasteiger partial charge in [0.2, 0.25) is 0 Å². The predicted octanol–water partition coefficient (Wildman–Crippen LogP) is 3.52. The number of rotatable bonds is 6. The molecule has 0 spiro atoms. The van der Waals surface area contributed by atoms with Gasteiger partial charge in [0.25, 0.3) is 0 Å². The highest BCUT2D eigenvalue weighted by Gasteiger charge is 2.20. The Kier molecular flexibility index (Phi) is 5.86. The minimum Gasteiger partial charge on any atom is -0.489 e. The highest BCUT2D eigenvalue weighted by Crippen LogP contribution is 2.26. The largest absolute Gasteiger partial charge is 0.489 e. The normalized spacial score (nSPS) is 12.5. The van der Waals surface area contributed by atoms with Gasteiger partial charge < -0.3 is 4.74 Å². The summed E-state index contributed by atoms with van der Waals surface area (Å²) in [7, 11) is 1.60. The molecule has 0 bridgehead atoms. The van der Waals surface area contributed by atoms with E-state index in [1.165, 1.54) is 10.6 Å². The first-order valence-electron chi connectivity index (χ1n) is 8.72. The molecule has 2 aromatic rings. The summed E-state index contributed by atoms with van der Waals surface area (Å²) >= 11 is 0. The highest BCUT2D eigenvalue weighted by atomic mass is 19.1. The molecule has 0 saturated heterocycles. The summed E-state index contributed by atoms with van der Waals surface area (Å²) in [4.78, 5) is 12.5. The van der Waals surface area contributed by atoms with Crippen molar-refractivity contribution in [2.45, 2.75) is 53.1 Å². The Morgan fingerprint density at radius 1 is 1.27 bits per heavy atom. The molecule has 0 N–H and O–H groups in total. The second-order valence-corrected chi connectivity index (χ2v) is 7.24. The van der Waals surface area contributed by atoms with Crippen LogP contribution in [0.5, 0.6) is 5.75 Å². The maximum Gasteiger partial charge on any atom is 0.350 e. The van der Waals surface area contributed by atoms with Crippen molar-refractivity contribution in [3.8, 4) is 17.5 Å². The number of nitrogens with zero attached hydrogens (tertiary/aromatic N) is 4. The lowest BCUT2D eigenvalue weighted by Crippen LogP contribution is -2.23. The van der Waals surface area contributed by atoms with Crippen molar-refractivity contribution >= 4 is 0 Å². The Morgan fingerprint density at radius 2 is 1.92 bits per heavy atom. The average molecular weight is 360 g/mol. The minimum atomic E-state index is -0.694. The van der Waals surface area contributed by atoms with Crippen molar-refractivity contribution in [3.63, 3.8) is 0 Å². The fourth-order valence-electron chi connectivity index (χ4n) is 2.93. The molecule has 1 unspecified atom stereocenters. The summed E-state index contributed by atoms with van der Waals surface area (Å²) in [6.07, 6.45) is 0.644. The molecule has 0 aliphatic carbocycles. The van der Waals surface area contributed by atoms with Crippen LogP contribution >= 0.6 is 0 Å². The lowest BCUT2D eigenvalue weighted by atomic mass is 10.1. The van der Waals surface area contributed by atoms with E-state index in [4.69, 9.17) is 4.74 Å². The van der Waals surface area contributed by atoms with Crippen LogP contribution in [0.15, 0.2) is 16.9 Å². The number of hydrogen-bond donors (Lipinski definition) is 0. The van der Waals surface area contributed by atoms with Gasteiger partial charge in [-0.25, -0.2) is 9.18 Å². The fourth-order valence-corrected chi connectivity index (χ4v) is 2.93. The summed E-state index contributed by atoms with van der Waals surface area (Å²) < 4.78 is 22.8. The molecule has 1 aromatic heterocycles. The van der Waals surface area contributed by atoms with E-state index in [9.17, 15) is 14.4 Å². The molecule has 0 fully saturated rings. The van der Waals surface area contributed by atoms with Gasteiger partial charge in [-0.3, -0.25) is 4.57 Å². The third kappa shape index (κ3) is 3.96. The lowest BCUT2D eigenvalue weighted by molar-refractivity contribution is 0.192. The van der Waals surface area contributed by atoms with Crippen molar-refractivity contribution in [2.24, 2.45) is 13.0 Å². The third-order valence-electron chi connectivity index (χ3n) is 4.06. The van der Waals surface area contributed by atoms with Crippen molar-refractivity contribution < 1.29 is 9.13 Å². The van der Waals surface area contributed by atoms with Crippen LogP contribution in [0, 0.1) is 23.1 Å². The zero-order valence-corrected chi connectivity index (χ0v) is 16.1. The first-order valence-corrected chi connectivity index (χ1v) is 8.72. The summed E-state index contributed by atoms with van der Waals surface area (Å²) in [6.45, 7) is 9.85. The van der Waals surface area contributed by atoms with Crippen molar-refractivity contribution in [1.82, 2.24) is 14.3 Å². The van der Waals surface area contributed by atoms with E-state index in [1.54, 1.807) is 7.05 Å². The number of benzene rings is 1. The molecule has 1 heterocycles. The van der Waals surface area contributed by atoms with Gasteiger partial charge in [-0.2, -0.15) is 9.94 Å². The Balaban J connectivity index is 2.54. The van der Waals surface area contributed by atoms with Crippen molar-refractivity contribution in [1.29, 1.82) is 5.26 Å². The lowest BCUT2D eigenvalue weighted by Gasteiger charge is -2.18. The van der Waals surface area contributed by atoms with Gasteiger partial charge in [-0.1, -0.05) is 27.7 Å². The van der Waals surface area contributed by atoms with Crippen LogP contribution < -0.4 is 10.4 Å². The van der Waals surface area contributed by atoms with Crippen LogP contribution in [0.1, 0.15) is 58.3 Å². The van der Waals surface area contributed by atoms with Crippen LogP contribution in [0.2, 0.25) is 0 Å². The van der Waals surface area contributed by atoms with Gasteiger partial charge in [-0.15, -0.1) is 5.10 Å². The van der Waals surface area contributed by atoms with E-state index in [0.717, 1.165) is 17.2 Å². The Hall–Kier alpha value is -2.62. The summed E-state index contributed by atoms with van der Waals surface area (Å²) in [5.74, 6) is 0.538. The predicted molar refractivity (Wildman–Crippen MR) is 97.1 cm³/mol. The number of ether oxygens (including phenoxy) is 1. The van der Waals surface area contributed by atoms with Crippen LogP contribution in [0.25, 0.3) is 5.69 Å². The molecule has 140 valence electrons. The molecule has 0 radical (unpaired) electrons. The zero-order valence-electron chi connectivity index (χ0n) is 16.1. The van der Waals surface area contributed by atoms with E-state index < -0.39 is 11.5 Å². The summed E-state index contributed by atoms with van der Waals surface area (Å²) in [5.41, 5.74) is -0.378. The average Bonchev–Trinajstić information content (AvgIpc) is 2.84. The van der Waals surface area contributed by atoms with Gasteiger partial charge >= 0.3 is 5.69 Å². The van der Waals surface area contributed by atoms with Crippen LogP contribution in [-0.2, 0) is 7.05 Å². The first-order chi connectivity index (χ1) is 12.1. The smallest absolute Gasteiger partial charge is 0.350 e. The zero-order chi connectivity index (χ0) is 19.6. The van der Waals surface area contributed by atoms with Crippen LogP contribution in [0.4, 0.5) is 4.39 Å². The third-order valence-corrected chi connectivity index (χ3v) is 4.06. The van der Waals surface area contributed by atoms with E-state index in [-0.39, 0.29) is 29.0 Å². The van der Waals surface area contributed by atoms with E-state index in [0.29, 0.717) is 11.7 Å². The summed E-state index contributed by atoms with van der Waals surface area (Å²) in [5, 5.41) is 13.5. The molecule has 2 rings (SSSR count). The molecule has 0 aliphatic heterocycles. The van der Waals surface area contributed by atoms with Gasteiger partial charge in [0, 0.05) is 19.0 Å². The first kappa shape index (κ1) is 19.7. The number of halogens is 1. The molecule has 0 amide bonds. The quantitative estimate of drug-likeness (QED) is 0.790. The van der Waals surface area contributed by atoms with Gasteiger partial charge in [-0.05, 0) is 25.3 Å². The molecular formula is C19H25FN4O2. The monoisotopic (exact) mass is 360 g/mol. The van der Waals surface area contributed by atoms with Gasteiger partial charge in [0.05, 0.1) is 11.7 Å².